The van der Waals surface area contributed by atoms with Crippen molar-refractivity contribution < 1.29 is 47.6 Å². The third kappa shape index (κ3) is 13.6. The van der Waals surface area contributed by atoms with Crippen LogP contribution < -0.4 is 30.7 Å². The second-order valence-corrected chi connectivity index (χ2v) is 21.2. The topological polar surface area (TPSA) is 199 Å². The van der Waals surface area contributed by atoms with Crippen LogP contribution in [0.1, 0.15) is 101 Å². The van der Waals surface area contributed by atoms with E-state index < -0.39 is 29.6 Å². The normalized spacial score (nSPS) is 21.8. The summed E-state index contributed by atoms with van der Waals surface area (Å²) in [5.74, 6) is 0.249. The van der Waals surface area contributed by atoms with Crippen molar-refractivity contribution in [3.8, 4) is 17.6 Å². The number of nitriles is 1. The van der Waals surface area contributed by atoms with Crippen molar-refractivity contribution in [3.05, 3.63) is 94.0 Å². The number of nitrogens with zero attached hydrogens (tertiary/aromatic N) is 2. The third-order valence-electron chi connectivity index (χ3n) is 13.9. The molecule has 3 aromatic rings. The summed E-state index contributed by atoms with van der Waals surface area (Å²) in [4.78, 5) is 55.7. The number of likely N-dealkylation sites (N-methyl/N-ethyl adjacent to an activating group) is 1. The molecule has 0 bridgehead atoms. The van der Waals surface area contributed by atoms with Gasteiger partial charge in [-0.15, -0.1) is 0 Å². The number of carbonyl (C=O) groups is 4. The van der Waals surface area contributed by atoms with Crippen molar-refractivity contribution in [1.82, 2.24) is 26.2 Å². The van der Waals surface area contributed by atoms with Crippen molar-refractivity contribution in [2.45, 2.75) is 117 Å². The lowest BCUT2D eigenvalue weighted by Gasteiger charge is -2.63. The Labute approximate surface area is 424 Å². The molecule has 2 fully saturated rings. The van der Waals surface area contributed by atoms with Crippen LogP contribution in [-0.2, 0) is 39.8 Å². The minimum Gasteiger partial charge on any atom is -0.491 e. The summed E-state index contributed by atoms with van der Waals surface area (Å²) in [6.07, 6.45) is 1.34. The van der Waals surface area contributed by atoms with Gasteiger partial charge in [-0.05, 0) is 79.8 Å². The summed E-state index contributed by atoms with van der Waals surface area (Å²) >= 11 is 6.24. The highest BCUT2D eigenvalue weighted by Crippen LogP contribution is 2.55. The van der Waals surface area contributed by atoms with E-state index in [0.717, 1.165) is 11.1 Å². The lowest BCUT2D eigenvalue weighted by atomic mass is 9.49. The Morgan fingerprint density at radius 3 is 2.08 bits per heavy atom. The quantitative estimate of drug-likeness (QED) is 0.0745. The van der Waals surface area contributed by atoms with Crippen LogP contribution in [0.5, 0.6) is 11.5 Å². The Bertz CT molecular complexity index is 2330. The van der Waals surface area contributed by atoms with E-state index >= 15 is 0 Å². The molecular formula is C54H73ClN6O10. The maximum absolute atomic E-state index is 14.0. The SMILES string of the molecule is CN[C@@H](C)C(=O)NC(C(=O)N1CCC[C@H]1C(=O)N[C@H]1c2ccccc2C[C@H]1OCCOCCOCCOCCOc1ccc(C(=O)N[C@H]2C(C)(C)[C@H](Oc3ccc(C#N)c(Cl)c3)C2(C)C)cc1)C(C)(C)C. The van der Waals surface area contributed by atoms with Crippen molar-refractivity contribution >= 4 is 35.2 Å². The van der Waals surface area contributed by atoms with E-state index in [-0.39, 0.29) is 52.7 Å². The van der Waals surface area contributed by atoms with Gasteiger partial charge in [0.05, 0.1) is 75.0 Å². The highest BCUT2D eigenvalue weighted by molar-refractivity contribution is 6.31. The van der Waals surface area contributed by atoms with Crippen LogP contribution in [0.15, 0.2) is 66.7 Å². The van der Waals surface area contributed by atoms with E-state index in [1.807, 2.05) is 45.0 Å². The highest BCUT2D eigenvalue weighted by atomic mass is 35.5. The van der Waals surface area contributed by atoms with E-state index in [9.17, 15) is 24.4 Å². The molecule has 1 unspecified atom stereocenters. The third-order valence-corrected chi connectivity index (χ3v) is 14.2. The molecule has 3 aliphatic rings. The molecule has 3 aromatic carbocycles. The van der Waals surface area contributed by atoms with Crippen LogP contribution >= 0.6 is 11.6 Å². The fourth-order valence-electron chi connectivity index (χ4n) is 10.2. The second kappa shape index (κ2) is 24.4. The predicted molar refractivity (Wildman–Crippen MR) is 269 cm³/mol. The second-order valence-electron chi connectivity index (χ2n) is 20.8. The van der Waals surface area contributed by atoms with Crippen LogP contribution in [0.3, 0.4) is 0 Å². The van der Waals surface area contributed by atoms with Crippen molar-refractivity contribution in [2.24, 2.45) is 16.2 Å². The molecule has 71 heavy (non-hydrogen) atoms. The van der Waals surface area contributed by atoms with Gasteiger partial charge >= 0.3 is 0 Å². The fourth-order valence-corrected chi connectivity index (χ4v) is 10.4. The maximum Gasteiger partial charge on any atom is 0.251 e. The van der Waals surface area contributed by atoms with Crippen LogP contribution in [0.4, 0.5) is 0 Å². The molecule has 4 N–H and O–H groups in total. The number of benzene rings is 3. The smallest absolute Gasteiger partial charge is 0.251 e. The molecule has 1 saturated carbocycles. The van der Waals surface area contributed by atoms with Crippen LogP contribution in [-0.4, -0.2) is 131 Å². The molecule has 0 radical (unpaired) electrons. The molecule has 1 saturated heterocycles. The van der Waals surface area contributed by atoms with Gasteiger partial charge in [0, 0.05) is 41.5 Å². The number of fused-ring (bicyclic) bond motifs is 1. The molecule has 1 heterocycles. The van der Waals surface area contributed by atoms with Crippen molar-refractivity contribution in [3.63, 3.8) is 0 Å². The number of ether oxygens (including phenoxy) is 6. The first-order chi connectivity index (χ1) is 33.8. The first-order valence-corrected chi connectivity index (χ1v) is 25.1. The van der Waals surface area contributed by atoms with E-state index in [1.165, 1.54) is 0 Å². The monoisotopic (exact) mass is 1000 g/mol. The van der Waals surface area contributed by atoms with E-state index in [4.69, 9.17) is 40.0 Å². The van der Waals surface area contributed by atoms with Gasteiger partial charge in [-0.25, -0.2) is 0 Å². The number of nitrogens with one attached hydrogen (secondary N) is 4. The number of rotatable bonds is 24. The summed E-state index contributed by atoms with van der Waals surface area (Å²) in [6.45, 7) is 19.1. The van der Waals surface area contributed by atoms with E-state index in [1.54, 1.807) is 61.3 Å². The number of amides is 4. The Morgan fingerprint density at radius 1 is 0.845 bits per heavy atom. The molecule has 2 aliphatic carbocycles. The molecule has 1 aliphatic heterocycles. The van der Waals surface area contributed by atoms with Gasteiger partial charge in [-0.3, -0.25) is 19.2 Å². The van der Waals surface area contributed by atoms with Crippen LogP contribution in [0, 0.1) is 27.6 Å². The average molecular weight is 1000 g/mol. The lowest BCUT2D eigenvalue weighted by molar-refractivity contribution is -0.164. The number of halogens is 1. The zero-order valence-corrected chi connectivity index (χ0v) is 43.5. The average Bonchev–Trinajstić information content (AvgIpc) is 3.97. The molecular weight excluding hydrogens is 928 g/mol. The van der Waals surface area contributed by atoms with Gasteiger partial charge < -0.3 is 54.6 Å². The first kappa shape index (κ1) is 55.0. The molecule has 0 aromatic heterocycles. The Morgan fingerprint density at radius 2 is 1.46 bits per heavy atom. The number of likely N-dealkylation sites (tertiary alicyclic amines) is 1. The lowest BCUT2D eigenvalue weighted by Crippen LogP contribution is -2.74. The first-order valence-electron chi connectivity index (χ1n) is 24.7. The Balaban J connectivity index is 0.837. The molecule has 17 heteroatoms. The molecule has 386 valence electrons. The molecule has 0 spiro atoms. The summed E-state index contributed by atoms with van der Waals surface area (Å²) in [6, 6.07) is 19.6. The van der Waals surface area contributed by atoms with Gasteiger partial charge in [0.1, 0.15) is 42.4 Å². The number of carbonyl (C=O) groups excluding carboxylic acids is 4. The van der Waals surface area contributed by atoms with Gasteiger partial charge in [-0.2, -0.15) is 5.26 Å². The minimum absolute atomic E-state index is 0.161. The van der Waals surface area contributed by atoms with Crippen LogP contribution in [0.2, 0.25) is 5.02 Å². The fraction of sp³-hybridized carbons (Fsp3) is 0.574. The van der Waals surface area contributed by atoms with E-state index in [2.05, 4.69) is 55.0 Å². The van der Waals surface area contributed by atoms with Crippen molar-refractivity contribution in [1.29, 1.82) is 5.26 Å². The predicted octanol–water partition coefficient (Wildman–Crippen LogP) is 6.18. The van der Waals surface area contributed by atoms with Crippen LogP contribution in [0.25, 0.3) is 0 Å². The van der Waals surface area contributed by atoms with Gasteiger partial charge in [0.25, 0.3) is 5.91 Å². The summed E-state index contributed by atoms with van der Waals surface area (Å²) in [5, 5.41) is 21.8. The standard InChI is InChI=1S/C54H73ClN6O10/c1-34(57-9)46(62)59-45(52(2,3)4)49(65)61-22-12-15-42(61)48(64)58-44-40-14-11-10-13-36(40)31-43(44)70-30-28-68-26-24-66-23-25-67-27-29-69-38-19-16-35(17-20-38)47(63)60-50-53(5,6)51(54(50,7)8)71-39-21-18-37(33-56)41(55)32-39/h10-11,13-14,16-21,32,34,42-45,50-51,57H,12,15,22-31H2,1-9H3,(H,58,64)(H,59,62)(H,60,63)/t34-,42-,43+,44-,45?,50-,51-/m0/s1. The van der Waals surface area contributed by atoms with Gasteiger partial charge in [0.15, 0.2) is 0 Å². The zero-order chi connectivity index (χ0) is 51.5. The molecule has 6 rings (SSSR count). The Hall–Kier alpha value is -5.28. The van der Waals surface area contributed by atoms with Gasteiger partial charge in [-0.1, -0.05) is 84.3 Å². The molecule has 4 amide bonds. The van der Waals surface area contributed by atoms with Gasteiger partial charge in [0.2, 0.25) is 17.7 Å². The zero-order valence-electron chi connectivity index (χ0n) is 42.7. The van der Waals surface area contributed by atoms with Crippen molar-refractivity contribution in [2.75, 3.05) is 66.4 Å². The number of hydrogen-bond donors (Lipinski definition) is 4. The van der Waals surface area contributed by atoms with E-state index in [0.29, 0.717) is 106 Å². The molecule has 5 atom stereocenters. The summed E-state index contributed by atoms with van der Waals surface area (Å²) in [7, 11) is 1.69. The maximum atomic E-state index is 14.0. The summed E-state index contributed by atoms with van der Waals surface area (Å²) in [5.41, 5.74) is 1.67. The number of hydrogen-bond acceptors (Lipinski definition) is 12. The summed E-state index contributed by atoms with van der Waals surface area (Å²) < 4.78 is 35.6. The molecule has 16 nitrogen and oxygen atoms in total. The Kier molecular flexibility index (Phi) is 18.9. The minimum atomic E-state index is -0.795. The largest absolute Gasteiger partial charge is 0.491 e. The highest BCUT2D eigenvalue weighted by Gasteiger charge is 2.64.